The zero-order valence-electron chi connectivity index (χ0n) is 24.4. The molecule has 0 atom stereocenters. The Balaban J connectivity index is 0.00000198. The molecule has 5 rings (SSSR count). The summed E-state index contributed by atoms with van der Waals surface area (Å²) in [5, 5.41) is 33.6. The Hall–Kier alpha value is -3.53. The topological polar surface area (TPSA) is 95.3 Å². The molecule has 226 valence electrons. The maximum atomic E-state index is 13.7. The third kappa shape index (κ3) is 8.06. The van der Waals surface area contributed by atoms with Gasteiger partial charge in [-0.2, -0.15) is 0 Å². The normalized spacial score (nSPS) is 16.5. The molecule has 0 spiro atoms. The van der Waals surface area contributed by atoms with Gasteiger partial charge in [-0.3, -0.25) is 9.80 Å². The molecule has 2 saturated heterocycles. The number of piperidine rings is 1. The van der Waals surface area contributed by atoms with Gasteiger partial charge in [-0.15, -0.1) is 0 Å². The van der Waals surface area contributed by atoms with Crippen LogP contribution in [0, 0.1) is 5.82 Å². The van der Waals surface area contributed by atoms with E-state index in [9.17, 15) is 19.7 Å². The third-order valence-electron chi connectivity index (χ3n) is 7.75. The zero-order valence-corrected chi connectivity index (χ0v) is 25.1. The highest BCUT2D eigenvalue weighted by Gasteiger charge is 2.28. The average molecular weight is 598 g/mol. The van der Waals surface area contributed by atoms with Crippen molar-refractivity contribution in [1.82, 2.24) is 20.1 Å². The van der Waals surface area contributed by atoms with Crippen molar-refractivity contribution in [2.75, 3.05) is 44.2 Å². The number of nitrogens with one attached hydrogen (secondary N) is 1. The molecule has 0 bridgehead atoms. The van der Waals surface area contributed by atoms with Gasteiger partial charge in [-0.25, -0.2) is 9.37 Å². The smallest absolute Gasteiger partial charge is 0.171 e. The standard InChI is InChI=1S/C30H35ClFN5O3.C2H6/c1-20(33-17-22-12-24(31)16-26(38)13-22)23-15-29(40)30(34-18-23)37-10-8-36(9-11-37)25-4-6-35(7-5-25)19-21-2-3-28(39)27(32)14-21;1-2/h2-3,12-16,18,25,33,38-40H,1,4-11,17,19H2;1-2H3. The molecule has 8 nitrogen and oxygen atoms in total. The van der Waals surface area contributed by atoms with Crippen LogP contribution < -0.4 is 10.2 Å². The summed E-state index contributed by atoms with van der Waals surface area (Å²) >= 11 is 6.01. The van der Waals surface area contributed by atoms with Crippen LogP contribution in [-0.4, -0.2) is 75.4 Å². The predicted octanol–water partition coefficient (Wildman–Crippen LogP) is 5.56. The van der Waals surface area contributed by atoms with Crippen LogP contribution in [0.3, 0.4) is 0 Å². The quantitative estimate of drug-likeness (QED) is 0.268. The number of halogens is 2. The van der Waals surface area contributed by atoms with Crippen LogP contribution in [0.1, 0.15) is 43.4 Å². The Morgan fingerprint density at radius 2 is 1.67 bits per heavy atom. The number of rotatable bonds is 8. The van der Waals surface area contributed by atoms with Crippen LogP contribution in [0.2, 0.25) is 5.02 Å². The molecule has 0 unspecified atom stereocenters. The molecule has 1 aromatic heterocycles. The summed E-state index contributed by atoms with van der Waals surface area (Å²) in [4.78, 5) is 11.5. The summed E-state index contributed by atoms with van der Waals surface area (Å²) in [7, 11) is 0. The molecule has 4 N–H and O–H groups in total. The molecule has 2 aliphatic rings. The number of benzene rings is 2. The van der Waals surface area contributed by atoms with Gasteiger partial charge in [0.2, 0.25) is 0 Å². The second-order valence-electron chi connectivity index (χ2n) is 10.5. The van der Waals surface area contributed by atoms with Crippen LogP contribution >= 0.6 is 11.6 Å². The first kappa shape index (κ1) is 31.4. The van der Waals surface area contributed by atoms with Crippen LogP contribution in [-0.2, 0) is 13.1 Å². The van der Waals surface area contributed by atoms with E-state index in [0.717, 1.165) is 63.2 Å². The van der Waals surface area contributed by atoms with E-state index in [1.807, 2.05) is 13.8 Å². The van der Waals surface area contributed by atoms with Gasteiger partial charge in [0.15, 0.2) is 23.1 Å². The molecule has 42 heavy (non-hydrogen) atoms. The van der Waals surface area contributed by atoms with E-state index in [-0.39, 0.29) is 17.2 Å². The van der Waals surface area contributed by atoms with Crippen LogP contribution in [0.25, 0.3) is 5.70 Å². The molecular formula is C32H41ClFN5O3. The number of aromatic nitrogens is 1. The number of phenols is 2. The maximum Gasteiger partial charge on any atom is 0.171 e. The van der Waals surface area contributed by atoms with Crippen molar-refractivity contribution in [1.29, 1.82) is 0 Å². The summed E-state index contributed by atoms with van der Waals surface area (Å²) in [5.41, 5.74) is 2.99. The molecule has 2 aliphatic heterocycles. The van der Waals surface area contributed by atoms with Crippen molar-refractivity contribution in [3.63, 3.8) is 0 Å². The number of hydrogen-bond donors (Lipinski definition) is 4. The molecular weight excluding hydrogens is 557 g/mol. The molecule has 0 saturated carbocycles. The van der Waals surface area contributed by atoms with Gasteiger partial charge < -0.3 is 25.5 Å². The first-order chi connectivity index (χ1) is 20.2. The third-order valence-corrected chi connectivity index (χ3v) is 7.97. The van der Waals surface area contributed by atoms with Crippen molar-refractivity contribution in [3.8, 4) is 17.2 Å². The van der Waals surface area contributed by atoms with Gasteiger partial charge in [0.25, 0.3) is 0 Å². The van der Waals surface area contributed by atoms with E-state index < -0.39 is 5.82 Å². The van der Waals surface area contributed by atoms with Crippen molar-refractivity contribution in [3.05, 3.63) is 82.8 Å². The largest absolute Gasteiger partial charge is 0.508 e. The zero-order chi connectivity index (χ0) is 30.2. The number of anilines is 1. The minimum Gasteiger partial charge on any atom is -0.508 e. The minimum absolute atomic E-state index is 0.104. The second kappa shape index (κ2) is 14.6. The van der Waals surface area contributed by atoms with E-state index in [1.165, 1.54) is 18.2 Å². The maximum absolute atomic E-state index is 13.7. The molecule has 10 heteroatoms. The molecule has 0 amide bonds. The van der Waals surface area contributed by atoms with Crippen LogP contribution in [0.5, 0.6) is 17.2 Å². The fourth-order valence-electron chi connectivity index (χ4n) is 5.55. The Morgan fingerprint density at radius 1 is 0.952 bits per heavy atom. The first-order valence-electron chi connectivity index (χ1n) is 14.5. The van der Waals surface area contributed by atoms with Crippen LogP contribution in [0.15, 0.2) is 55.2 Å². The van der Waals surface area contributed by atoms with Crippen molar-refractivity contribution in [2.45, 2.75) is 45.8 Å². The Kier molecular flexibility index (Phi) is 10.9. The number of hydrogen-bond acceptors (Lipinski definition) is 8. The minimum atomic E-state index is -0.572. The number of aromatic hydroxyl groups is 3. The monoisotopic (exact) mass is 597 g/mol. The first-order valence-corrected chi connectivity index (χ1v) is 14.9. The number of piperazine rings is 1. The fourth-order valence-corrected chi connectivity index (χ4v) is 5.80. The van der Waals surface area contributed by atoms with E-state index in [4.69, 9.17) is 11.6 Å². The summed E-state index contributed by atoms with van der Waals surface area (Å²) in [6, 6.07) is 11.7. The molecule has 3 heterocycles. The lowest BCUT2D eigenvalue weighted by atomic mass is 10.0. The number of nitrogens with zero attached hydrogens (tertiary/aromatic N) is 4. The number of likely N-dealkylation sites (tertiary alicyclic amines) is 1. The van der Waals surface area contributed by atoms with Crippen molar-refractivity contribution < 1.29 is 19.7 Å². The summed E-state index contributed by atoms with van der Waals surface area (Å²) in [5.74, 6) is -0.0819. The highest BCUT2D eigenvalue weighted by molar-refractivity contribution is 6.30. The Bertz CT molecular complexity index is 1340. The van der Waals surface area contributed by atoms with E-state index >= 15 is 0 Å². The molecule has 2 aromatic carbocycles. The van der Waals surface area contributed by atoms with Gasteiger partial charge in [0.05, 0.1) is 0 Å². The highest BCUT2D eigenvalue weighted by Crippen LogP contribution is 2.29. The summed E-state index contributed by atoms with van der Waals surface area (Å²) in [6.45, 7) is 14.4. The number of phenolic OH excluding ortho intramolecular Hbond substituents is 2. The second-order valence-corrected chi connectivity index (χ2v) is 11.0. The lowest BCUT2D eigenvalue weighted by Crippen LogP contribution is -2.53. The van der Waals surface area contributed by atoms with Crippen LogP contribution in [0.4, 0.5) is 10.2 Å². The van der Waals surface area contributed by atoms with E-state index in [0.29, 0.717) is 41.2 Å². The predicted molar refractivity (Wildman–Crippen MR) is 166 cm³/mol. The van der Waals surface area contributed by atoms with Crippen molar-refractivity contribution >= 4 is 23.1 Å². The number of pyridine rings is 1. The molecule has 0 aliphatic carbocycles. The van der Waals surface area contributed by atoms with Gasteiger partial charge in [-0.05, 0) is 73.5 Å². The highest BCUT2D eigenvalue weighted by atomic mass is 35.5. The Labute approximate surface area is 252 Å². The SMILES string of the molecule is C=C(NCc1cc(O)cc(Cl)c1)c1cnc(N2CCN(C3CCN(Cc4ccc(O)c(F)c4)CC3)CC2)c(O)c1.CC. The molecule has 3 aromatic rings. The lowest BCUT2D eigenvalue weighted by Gasteiger charge is -2.43. The summed E-state index contributed by atoms with van der Waals surface area (Å²) in [6.07, 6.45) is 3.83. The van der Waals surface area contributed by atoms with Gasteiger partial charge >= 0.3 is 0 Å². The van der Waals surface area contributed by atoms with Gasteiger partial charge in [0.1, 0.15) is 5.75 Å². The van der Waals surface area contributed by atoms with E-state index in [2.05, 4.69) is 31.6 Å². The molecule has 0 radical (unpaired) electrons. The average Bonchev–Trinajstić information content (AvgIpc) is 2.99. The lowest BCUT2D eigenvalue weighted by molar-refractivity contribution is 0.0996. The van der Waals surface area contributed by atoms with E-state index in [1.54, 1.807) is 30.5 Å². The fraction of sp³-hybridized carbons (Fsp3) is 0.406. The Morgan fingerprint density at radius 3 is 2.31 bits per heavy atom. The van der Waals surface area contributed by atoms with Gasteiger partial charge in [-0.1, -0.05) is 38.1 Å². The summed E-state index contributed by atoms with van der Waals surface area (Å²) < 4.78 is 13.7. The molecule has 2 fully saturated rings. The van der Waals surface area contributed by atoms with Crippen molar-refractivity contribution in [2.24, 2.45) is 0 Å². The van der Waals surface area contributed by atoms with Gasteiger partial charge in [0, 0.05) is 67.8 Å².